The van der Waals surface area contributed by atoms with E-state index >= 15 is 0 Å². The highest BCUT2D eigenvalue weighted by Crippen LogP contribution is 2.18. The molecule has 1 unspecified atom stereocenters. The van der Waals surface area contributed by atoms with Gasteiger partial charge in [-0.2, -0.15) is 9.97 Å². The molecule has 0 saturated carbocycles. The van der Waals surface area contributed by atoms with Crippen molar-refractivity contribution in [1.82, 2.24) is 15.0 Å². The Morgan fingerprint density at radius 2 is 1.67 bits per heavy atom. The predicted molar refractivity (Wildman–Crippen MR) is 64.9 cm³/mol. The molecule has 1 heterocycles. The van der Waals surface area contributed by atoms with Crippen molar-refractivity contribution >= 4 is 21.4 Å². The van der Waals surface area contributed by atoms with Gasteiger partial charge in [-0.25, -0.2) is 8.42 Å². The van der Waals surface area contributed by atoms with Gasteiger partial charge in [0.15, 0.2) is 0 Å². The lowest BCUT2D eigenvalue weighted by Crippen LogP contribution is -2.21. The average molecular weight is 296 g/mol. The van der Waals surface area contributed by atoms with Crippen LogP contribution < -0.4 is 9.47 Å². The average Bonchev–Trinajstić information content (AvgIpc) is 2.38. The number of halogens is 1. The topological polar surface area (TPSA) is 91.3 Å². The van der Waals surface area contributed by atoms with E-state index in [-0.39, 0.29) is 23.1 Å². The van der Waals surface area contributed by atoms with Crippen LogP contribution in [0.25, 0.3) is 0 Å². The molecule has 7 nitrogen and oxygen atoms in total. The Hall–Kier alpha value is -1.15. The molecule has 9 heteroatoms. The van der Waals surface area contributed by atoms with Crippen molar-refractivity contribution in [3.63, 3.8) is 0 Å². The summed E-state index contributed by atoms with van der Waals surface area (Å²) < 4.78 is 33.9. The molecule has 0 fully saturated rings. The van der Waals surface area contributed by atoms with Gasteiger partial charge < -0.3 is 9.47 Å². The number of alkyl halides is 1. The first-order valence-corrected chi connectivity index (χ1v) is 7.17. The second-order valence-corrected chi connectivity index (χ2v) is 6.06. The molecule has 0 aromatic carbocycles. The Balaban J connectivity index is 3.23. The first kappa shape index (κ1) is 14.9. The molecule has 0 spiro atoms. The zero-order chi connectivity index (χ0) is 13.8. The van der Waals surface area contributed by atoms with Crippen LogP contribution in [0.3, 0.4) is 0 Å². The highest BCUT2D eigenvalue weighted by atomic mass is 35.5. The molecule has 0 aliphatic carbocycles. The van der Waals surface area contributed by atoms with Crippen LogP contribution in [0.1, 0.15) is 13.3 Å². The molecule has 0 aliphatic rings. The fourth-order valence-corrected chi connectivity index (χ4v) is 2.77. The van der Waals surface area contributed by atoms with E-state index in [1.165, 1.54) is 14.2 Å². The van der Waals surface area contributed by atoms with Crippen molar-refractivity contribution < 1.29 is 17.9 Å². The normalized spacial score (nSPS) is 13.1. The summed E-state index contributed by atoms with van der Waals surface area (Å²) >= 11 is 5.54. The summed E-state index contributed by atoms with van der Waals surface area (Å²) in [6, 6.07) is -0.225. The number of ether oxygens (including phenoxy) is 2. The SMILES string of the molecule is COc1nc(OC)nc(S(=O)(=O)C(C)CCCl)n1. The molecule has 0 radical (unpaired) electrons. The minimum absolute atomic E-state index is 0.113. The van der Waals surface area contributed by atoms with Crippen LogP contribution in [0, 0.1) is 0 Å². The van der Waals surface area contributed by atoms with Crippen LogP contribution in [-0.2, 0) is 9.84 Å². The van der Waals surface area contributed by atoms with Crippen molar-refractivity contribution in [2.75, 3.05) is 20.1 Å². The lowest BCUT2D eigenvalue weighted by molar-refractivity contribution is 0.330. The van der Waals surface area contributed by atoms with Crippen molar-refractivity contribution in [2.24, 2.45) is 0 Å². The third-order valence-corrected chi connectivity index (χ3v) is 4.44. The molecule has 1 aromatic heterocycles. The summed E-state index contributed by atoms with van der Waals surface area (Å²) in [5.41, 5.74) is 0. The van der Waals surface area contributed by atoms with Crippen LogP contribution in [0.5, 0.6) is 12.0 Å². The highest BCUT2D eigenvalue weighted by molar-refractivity contribution is 7.91. The second kappa shape index (κ2) is 6.14. The summed E-state index contributed by atoms with van der Waals surface area (Å²) in [4.78, 5) is 11.2. The molecule has 0 N–H and O–H groups in total. The largest absolute Gasteiger partial charge is 0.467 e. The van der Waals surface area contributed by atoms with E-state index < -0.39 is 15.1 Å². The van der Waals surface area contributed by atoms with Gasteiger partial charge >= 0.3 is 12.0 Å². The van der Waals surface area contributed by atoms with Crippen molar-refractivity contribution in [3.8, 4) is 12.0 Å². The quantitative estimate of drug-likeness (QED) is 0.713. The van der Waals surface area contributed by atoms with Crippen molar-refractivity contribution in [2.45, 2.75) is 23.8 Å². The number of methoxy groups -OCH3 is 2. The molecular weight excluding hydrogens is 282 g/mol. The third-order valence-electron chi connectivity index (χ3n) is 2.24. The summed E-state index contributed by atoms with van der Waals surface area (Å²) in [6.45, 7) is 1.54. The van der Waals surface area contributed by atoms with Crippen molar-refractivity contribution in [3.05, 3.63) is 0 Å². The second-order valence-electron chi connectivity index (χ2n) is 3.42. The van der Waals surface area contributed by atoms with Gasteiger partial charge in [0.05, 0.1) is 19.5 Å². The number of aromatic nitrogens is 3. The minimum Gasteiger partial charge on any atom is -0.467 e. The molecule has 0 aliphatic heterocycles. The van der Waals surface area contributed by atoms with Crippen LogP contribution in [0.15, 0.2) is 5.16 Å². The molecular formula is C9H14ClN3O4S. The zero-order valence-electron chi connectivity index (χ0n) is 10.3. The summed E-state index contributed by atoms with van der Waals surface area (Å²) in [5.74, 6) is 0.236. The number of rotatable bonds is 6. The van der Waals surface area contributed by atoms with E-state index in [4.69, 9.17) is 21.1 Å². The Morgan fingerprint density at radius 3 is 2.06 bits per heavy atom. The molecule has 18 heavy (non-hydrogen) atoms. The lowest BCUT2D eigenvalue weighted by Gasteiger charge is -2.10. The first-order valence-electron chi connectivity index (χ1n) is 5.09. The Morgan fingerprint density at radius 1 is 1.17 bits per heavy atom. The van der Waals surface area contributed by atoms with Crippen LogP contribution in [0.2, 0.25) is 0 Å². The van der Waals surface area contributed by atoms with E-state index in [1.54, 1.807) is 6.92 Å². The number of nitrogens with zero attached hydrogens (tertiary/aromatic N) is 3. The Labute approximate surface area is 110 Å². The predicted octanol–water partition coefficient (Wildman–Crippen LogP) is 0.680. The molecule has 1 aromatic rings. The summed E-state index contributed by atoms with van der Waals surface area (Å²) in [7, 11) is -1.02. The first-order chi connectivity index (χ1) is 8.45. The van der Waals surface area contributed by atoms with Gasteiger partial charge in [0.1, 0.15) is 0 Å². The fourth-order valence-electron chi connectivity index (χ4n) is 1.12. The van der Waals surface area contributed by atoms with Gasteiger partial charge in [-0.1, -0.05) is 0 Å². The Kier molecular flexibility index (Phi) is 5.09. The van der Waals surface area contributed by atoms with Crippen molar-refractivity contribution in [1.29, 1.82) is 0 Å². The highest BCUT2D eigenvalue weighted by Gasteiger charge is 2.27. The van der Waals surface area contributed by atoms with E-state index in [2.05, 4.69) is 15.0 Å². The van der Waals surface area contributed by atoms with E-state index in [1.807, 2.05) is 0 Å². The maximum absolute atomic E-state index is 12.1. The van der Waals surface area contributed by atoms with Gasteiger partial charge in [0.25, 0.3) is 5.16 Å². The van der Waals surface area contributed by atoms with Crippen LogP contribution in [0.4, 0.5) is 0 Å². The molecule has 1 atom stereocenters. The molecule has 0 saturated heterocycles. The van der Waals surface area contributed by atoms with Gasteiger partial charge in [-0.3, -0.25) is 0 Å². The van der Waals surface area contributed by atoms with Gasteiger partial charge in [0, 0.05) is 5.88 Å². The van der Waals surface area contributed by atoms with Crippen LogP contribution >= 0.6 is 11.6 Å². The molecule has 102 valence electrons. The Bertz CT molecular complexity index is 486. The smallest absolute Gasteiger partial charge is 0.323 e. The number of hydrogen-bond acceptors (Lipinski definition) is 7. The van der Waals surface area contributed by atoms with E-state index in [0.29, 0.717) is 6.42 Å². The van der Waals surface area contributed by atoms with E-state index in [0.717, 1.165) is 0 Å². The number of sulfone groups is 1. The van der Waals surface area contributed by atoms with Gasteiger partial charge in [-0.15, -0.1) is 16.6 Å². The number of hydrogen-bond donors (Lipinski definition) is 0. The molecule has 0 amide bonds. The third kappa shape index (κ3) is 3.20. The molecule has 1 rings (SSSR count). The van der Waals surface area contributed by atoms with Crippen LogP contribution in [-0.4, -0.2) is 48.7 Å². The zero-order valence-corrected chi connectivity index (χ0v) is 11.8. The molecule has 0 bridgehead atoms. The van der Waals surface area contributed by atoms with E-state index in [9.17, 15) is 8.42 Å². The minimum atomic E-state index is -3.67. The lowest BCUT2D eigenvalue weighted by atomic mass is 10.4. The monoisotopic (exact) mass is 295 g/mol. The van der Waals surface area contributed by atoms with Gasteiger partial charge in [0.2, 0.25) is 9.84 Å². The summed E-state index contributed by atoms with van der Waals surface area (Å²) in [6.07, 6.45) is 0.306. The maximum Gasteiger partial charge on any atom is 0.323 e. The maximum atomic E-state index is 12.1. The summed E-state index contributed by atoms with van der Waals surface area (Å²) in [5, 5.41) is -1.06. The fraction of sp³-hybridized carbons (Fsp3) is 0.667. The van der Waals surface area contributed by atoms with Gasteiger partial charge in [-0.05, 0) is 13.3 Å². The standard InChI is InChI=1S/C9H14ClN3O4S/c1-6(4-5-10)18(14,15)9-12-7(16-2)11-8(13-9)17-3/h6H,4-5H2,1-3H3.